The van der Waals surface area contributed by atoms with E-state index in [4.69, 9.17) is 9.47 Å². The fourth-order valence-corrected chi connectivity index (χ4v) is 6.68. The summed E-state index contributed by atoms with van der Waals surface area (Å²) in [7, 11) is -2.52. The number of piperazine rings is 1. The average Bonchev–Trinajstić information content (AvgIpc) is 3.24. The van der Waals surface area contributed by atoms with Crippen molar-refractivity contribution in [2.75, 3.05) is 39.9 Å². The molecule has 1 saturated heterocycles. The molecule has 1 aliphatic rings. The number of sulfonamides is 1. The van der Waals surface area contributed by atoms with E-state index >= 15 is 0 Å². The number of carbonyl (C=O) groups excluding carboxylic acids is 3. The highest BCUT2D eigenvalue weighted by molar-refractivity contribution is 7.89. The van der Waals surface area contributed by atoms with E-state index in [1.165, 1.54) is 51.9 Å². The Balaban J connectivity index is 1.57. The van der Waals surface area contributed by atoms with E-state index in [2.05, 4.69) is 4.99 Å². The van der Waals surface area contributed by atoms with Crippen LogP contribution in [0.1, 0.15) is 28.4 Å². The first kappa shape index (κ1) is 28.5. The predicted molar refractivity (Wildman–Crippen MR) is 145 cm³/mol. The van der Waals surface area contributed by atoms with Gasteiger partial charge in [-0.15, -0.1) is 0 Å². The van der Waals surface area contributed by atoms with Gasteiger partial charge < -0.3 is 18.9 Å². The van der Waals surface area contributed by atoms with E-state index < -0.39 is 28.0 Å². The summed E-state index contributed by atoms with van der Waals surface area (Å²) in [5.74, 6) is -1.04. The minimum absolute atomic E-state index is 0.0391. The Morgan fingerprint density at radius 2 is 1.64 bits per heavy atom. The van der Waals surface area contributed by atoms with Crippen molar-refractivity contribution in [1.82, 2.24) is 13.8 Å². The van der Waals surface area contributed by atoms with Crippen LogP contribution in [-0.4, -0.2) is 80.1 Å². The first-order valence-electron chi connectivity index (χ1n) is 12.3. The summed E-state index contributed by atoms with van der Waals surface area (Å²) >= 11 is 1.28. The van der Waals surface area contributed by atoms with E-state index in [1.807, 2.05) is 26.0 Å². The van der Waals surface area contributed by atoms with Crippen LogP contribution < -0.4 is 4.80 Å². The summed E-state index contributed by atoms with van der Waals surface area (Å²) in [6, 6.07) is 9.50. The minimum atomic E-state index is -3.81. The molecule has 0 radical (unpaired) electrons. The highest BCUT2D eigenvalue weighted by atomic mass is 32.2. The lowest BCUT2D eigenvalue weighted by Crippen LogP contribution is -2.50. The number of carbonyl (C=O) groups is 3. The summed E-state index contributed by atoms with van der Waals surface area (Å²) in [6.07, 6.45) is -0.460. The lowest BCUT2D eigenvalue weighted by molar-refractivity contribution is -0.141. The van der Waals surface area contributed by atoms with Gasteiger partial charge in [0.05, 0.1) is 28.8 Å². The first-order chi connectivity index (χ1) is 18.5. The van der Waals surface area contributed by atoms with Crippen molar-refractivity contribution in [3.8, 4) is 0 Å². The molecule has 0 spiro atoms. The fraction of sp³-hybridized carbons (Fsp3) is 0.385. The standard InChI is InChI=1S/C26H30N4O7S2/c1-5-37-26(33)28-10-12-29(13-11-28)39(34,35)20-8-6-19(7-9-20)24(32)27-25-30(16-23(31)36-4)21-14-17(2)18(3)15-22(21)38-25/h6-9,14-15H,5,10-13,16H2,1-4H3. The molecule has 0 N–H and O–H groups in total. The number of methoxy groups -OCH3 is 1. The largest absolute Gasteiger partial charge is 0.468 e. The Kier molecular flexibility index (Phi) is 8.52. The predicted octanol–water partition coefficient (Wildman–Crippen LogP) is 2.70. The van der Waals surface area contributed by atoms with Gasteiger partial charge in [0.15, 0.2) is 4.80 Å². The van der Waals surface area contributed by atoms with E-state index in [9.17, 15) is 22.8 Å². The second-order valence-electron chi connectivity index (χ2n) is 8.98. The van der Waals surface area contributed by atoms with Gasteiger partial charge in [0.1, 0.15) is 6.54 Å². The molecule has 0 bridgehead atoms. The summed E-state index contributed by atoms with van der Waals surface area (Å²) < 4.78 is 39.9. The lowest BCUT2D eigenvalue weighted by atomic mass is 10.1. The smallest absolute Gasteiger partial charge is 0.409 e. The molecule has 11 nitrogen and oxygen atoms in total. The number of hydrogen-bond donors (Lipinski definition) is 0. The Bertz CT molecular complexity index is 1580. The number of nitrogens with zero attached hydrogens (tertiary/aromatic N) is 4. The van der Waals surface area contributed by atoms with Gasteiger partial charge in [-0.25, -0.2) is 13.2 Å². The van der Waals surface area contributed by atoms with Crippen LogP contribution in [-0.2, 0) is 30.8 Å². The van der Waals surface area contributed by atoms with Gasteiger partial charge in [-0.1, -0.05) is 11.3 Å². The molecular formula is C26H30N4O7S2. The minimum Gasteiger partial charge on any atom is -0.468 e. The molecule has 13 heteroatoms. The number of benzene rings is 2. The number of esters is 1. The van der Waals surface area contributed by atoms with Crippen molar-refractivity contribution in [3.05, 3.63) is 57.9 Å². The lowest BCUT2D eigenvalue weighted by Gasteiger charge is -2.33. The number of ether oxygens (including phenoxy) is 2. The van der Waals surface area contributed by atoms with Gasteiger partial charge in [-0.2, -0.15) is 9.30 Å². The topological polar surface area (TPSA) is 128 Å². The highest BCUT2D eigenvalue weighted by Crippen LogP contribution is 2.23. The Morgan fingerprint density at radius 1 is 1.00 bits per heavy atom. The van der Waals surface area contributed by atoms with Gasteiger partial charge >= 0.3 is 12.1 Å². The second kappa shape index (κ2) is 11.7. The van der Waals surface area contributed by atoms with Gasteiger partial charge in [-0.05, 0) is 68.3 Å². The molecule has 2 heterocycles. The molecule has 2 amide bonds. The average molecular weight is 575 g/mol. The molecule has 208 valence electrons. The number of amides is 2. The zero-order valence-electron chi connectivity index (χ0n) is 22.2. The summed E-state index contributed by atoms with van der Waals surface area (Å²) in [5, 5.41) is 0. The number of thiazole rings is 1. The molecule has 2 aromatic carbocycles. The van der Waals surface area contributed by atoms with Crippen LogP contribution in [0, 0.1) is 13.8 Å². The summed E-state index contributed by atoms with van der Waals surface area (Å²) in [4.78, 5) is 43.1. The molecule has 1 aromatic heterocycles. The number of hydrogen-bond acceptors (Lipinski definition) is 8. The fourth-order valence-electron chi connectivity index (χ4n) is 4.15. The van der Waals surface area contributed by atoms with Crippen molar-refractivity contribution in [2.24, 2.45) is 4.99 Å². The Hall–Kier alpha value is -3.55. The number of fused-ring (bicyclic) bond motifs is 1. The summed E-state index contributed by atoms with van der Waals surface area (Å²) in [6.45, 7) is 6.55. The van der Waals surface area contributed by atoms with Crippen molar-refractivity contribution >= 4 is 49.5 Å². The third-order valence-corrected chi connectivity index (χ3v) is 9.47. The van der Waals surface area contributed by atoms with Crippen molar-refractivity contribution in [1.29, 1.82) is 0 Å². The molecule has 1 aliphatic heterocycles. The van der Waals surface area contributed by atoms with Crippen LogP contribution in [0.25, 0.3) is 10.2 Å². The maximum atomic E-state index is 13.1. The van der Waals surface area contributed by atoms with Crippen LogP contribution >= 0.6 is 11.3 Å². The monoisotopic (exact) mass is 574 g/mol. The second-order valence-corrected chi connectivity index (χ2v) is 11.9. The highest BCUT2D eigenvalue weighted by Gasteiger charge is 2.30. The van der Waals surface area contributed by atoms with Crippen molar-refractivity contribution in [2.45, 2.75) is 32.2 Å². The number of aromatic nitrogens is 1. The normalized spacial score (nSPS) is 15.0. The van der Waals surface area contributed by atoms with Gasteiger partial charge in [-0.3, -0.25) is 9.59 Å². The third kappa shape index (κ3) is 6.05. The number of aryl methyl sites for hydroxylation is 2. The van der Waals surface area contributed by atoms with Crippen LogP contribution in [0.15, 0.2) is 46.3 Å². The van der Waals surface area contributed by atoms with Crippen LogP contribution in [0.3, 0.4) is 0 Å². The maximum Gasteiger partial charge on any atom is 0.409 e. The van der Waals surface area contributed by atoms with Gasteiger partial charge in [0.2, 0.25) is 10.0 Å². The van der Waals surface area contributed by atoms with E-state index in [-0.39, 0.29) is 49.8 Å². The van der Waals surface area contributed by atoms with Crippen molar-refractivity contribution in [3.63, 3.8) is 0 Å². The summed E-state index contributed by atoms with van der Waals surface area (Å²) in [5.41, 5.74) is 3.09. The zero-order chi connectivity index (χ0) is 28.3. The SMILES string of the molecule is CCOC(=O)N1CCN(S(=O)(=O)c2ccc(C(=O)N=c3sc4cc(C)c(C)cc4n3CC(=O)OC)cc2)CC1. The molecule has 4 rings (SSSR count). The Labute approximate surface area is 230 Å². The molecule has 1 fully saturated rings. The molecule has 0 aliphatic carbocycles. The molecule has 39 heavy (non-hydrogen) atoms. The third-order valence-electron chi connectivity index (χ3n) is 6.51. The van der Waals surface area contributed by atoms with Crippen LogP contribution in [0.4, 0.5) is 4.79 Å². The number of rotatable bonds is 6. The van der Waals surface area contributed by atoms with Crippen LogP contribution in [0.2, 0.25) is 0 Å². The molecule has 3 aromatic rings. The maximum absolute atomic E-state index is 13.1. The van der Waals surface area contributed by atoms with Crippen molar-refractivity contribution < 1.29 is 32.3 Å². The van der Waals surface area contributed by atoms with E-state index in [0.717, 1.165) is 21.3 Å². The van der Waals surface area contributed by atoms with Crippen LogP contribution in [0.5, 0.6) is 0 Å². The molecule has 0 unspecified atom stereocenters. The quantitative estimate of drug-likeness (QED) is 0.414. The molecular weight excluding hydrogens is 544 g/mol. The molecule has 0 atom stereocenters. The Morgan fingerprint density at radius 3 is 2.26 bits per heavy atom. The van der Waals surface area contributed by atoms with Gasteiger partial charge in [0.25, 0.3) is 5.91 Å². The zero-order valence-corrected chi connectivity index (χ0v) is 23.8. The molecule has 0 saturated carbocycles. The van der Waals surface area contributed by atoms with Gasteiger partial charge in [0, 0.05) is 31.7 Å². The first-order valence-corrected chi connectivity index (χ1v) is 14.6. The van der Waals surface area contributed by atoms with E-state index in [0.29, 0.717) is 4.80 Å². The van der Waals surface area contributed by atoms with E-state index in [1.54, 1.807) is 11.5 Å².